The highest BCUT2D eigenvalue weighted by atomic mass is 15.1. The summed E-state index contributed by atoms with van der Waals surface area (Å²) in [5, 5.41) is 9.77. The molecule has 0 heterocycles. The molecule has 0 radical (unpaired) electrons. The Morgan fingerprint density at radius 2 is 0.485 bits per heavy atom. The molecular weight excluding hydrogens is 797 g/mol. The summed E-state index contributed by atoms with van der Waals surface area (Å²) in [6.07, 6.45) is 8.71. The molecule has 314 valence electrons. The predicted molar refractivity (Wildman–Crippen MR) is 286 cm³/mol. The maximum Gasteiger partial charge on any atom is 0.0468 e. The normalized spacial score (nSPS) is 11.7. The second kappa shape index (κ2) is 17.6. The number of nitrogens with zero attached hydrogens (tertiary/aromatic N) is 2. The number of fused-ring (bicyclic) bond motifs is 4. The maximum atomic E-state index is 2.35. The zero-order chi connectivity index (χ0) is 44.4. The van der Waals surface area contributed by atoms with Gasteiger partial charge in [0.05, 0.1) is 0 Å². The van der Waals surface area contributed by atoms with Gasteiger partial charge in [0.15, 0.2) is 0 Å². The van der Waals surface area contributed by atoms with Crippen molar-refractivity contribution >= 4 is 102 Å². The van der Waals surface area contributed by atoms with E-state index in [2.05, 4.69) is 278 Å². The summed E-state index contributed by atoms with van der Waals surface area (Å²) in [6, 6.07) is 84.0. The van der Waals surface area contributed by atoms with Crippen LogP contribution < -0.4 is 9.80 Å². The molecule has 0 saturated carbocycles. The zero-order valence-electron chi connectivity index (χ0n) is 37.1. The van der Waals surface area contributed by atoms with E-state index in [4.69, 9.17) is 0 Å². The van der Waals surface area contributed by atoms with Gasteiger partial charge in [-0.05, 0) is 188 Å². The first-order chi connectivity index (χ1) is 32.5. The number of aryl methyl sites for hydroxylation is 2. The SMILES string of the molecule is Cc1ccc(C=Cc2ccc(N(c3ccccc3)c3ccc4cc5cc6cc7cc(N(c8ccccc8)c8ccc(C=Cc9ccc(C)cc9)cc8)ccc7cc6cc5cc4c3)cc2)cc1. The molecule has 0 aliphatic heterocycles. The minimum atomic E-state index is 1.11. The molecule has 11 aromatic rings. The summed E-state index contributed by atoms with van der Waals surface area (Å²) < 4.78 is 0. The summed E-state index contributed by atoms with van der Waals surface area (Å²) in [4.78, 5) is 4.69. The lowest BCUT2D eigenvalue weighted by molar-refractivity contribution is 1.29. The highest BCUT2D eigenvalue weighted by Gasteiger charge is 2.15. The van der Waals surface area contributed by atoms with Crippen molar-refractivity contribution in [1.29, 1.82) is 0 Å². The molecule has 2 heteroatoms. The average molecular weight is 845 g/mol. The van der Waals surface area contributed by atoms with Crippen LogP contribution in [0.15, 0.2) is 231 Å². The molecule has 0 aliphatic carbocycles. The van der Waals surface area contributed by atoms with Crippen LogP contribution in [0.5, 0.6) is 0 Å². The largest absolute Gasteiger partial charge is 0.310 e. The van der Waals surface area contributed by atoms with Crippen LogP contribution in [-0.4, -0.2) is 0 Å². The topological polar surface area (TPSA) is 6.48 Å². The summed E-state index contributed by atoms with van der Waals surface area (Å²) in [5.41, 5.74) is 14.0. The third kappa shape index (κ3) is 8.48. The van der Waals surface area contributed by atoms with Crippen LogP contribution in [0, 0.1) is 13.8 Å². The molecule has 0 fully saturated rings. The summed E-state index contributed by atoms with van der Waals surface area (Å²) in [7, 11) is 0. The van der Waals surface area contributed by atoms with Crippen molar-refractivity contribution in [3.63, 3.8) is 0 Å². The van der Waals surface area contributed by atoms with Crippen molar-refractivity contribution in [3.8, 4) is 0 Å². The lowest BCUT2D eigenvalue weighted by Crippen LogP contribution is -2.09. The van der Waals surface area contributed by atoms with Crippen LogP contribution in [0.1, 0.15) is 33.4 Å². The van der Waals surface area contributed by atoms with Crippen LogP contribution in [-0.2, 0) is 0 Å². The first-order valence-corrected chi connectivity index (χ1v) is 22.7. The van der Waals surface area contributed by atoms with Gasteiger partial charge >= 0.3 is 0 Å². The molecule has 0 spiro atoms. The van der Waals surface area contributed by atoms with Gasteiger partial charge in [0, 0.05) is 34.1 Å². The Morgan fingerprint density at radius 1 is 0.227 bits per heavy atom. The van der Waals surface area contributed by atoms with Crippen LogP contribution in [0.25, 0.3) is 67.4 Å². The highest BCUT2D eigenvalue weighted by Crippen LogP contribution is 2.40. The third-order valence-corrected chi connectivity index (χ3v) is 12.6. The Balaban J connectivity index is 0.909. The van der Waals surface area contributed by atoms with E-state index in [1.165, 1.54) is 65.3 Å². The Labute approximate surface area is 387 Å². The lowest BCUT2D eigenvalue weighted by Gasteiger charge is -2.26. The predicted octanol–water partition coefficient (Wildman–Crippen LogP) is 18.2. The fraction of sp³-hybridized carbons (Fsp3) is 0.0312. The average Bonchev–Trinajstić information content (AvgIpc) is 3.36. The van der Waals surface area contributed by atoms with E-state index in [9.17, 15) is 0 Å². The van der Waals surface area contributed by atoms with Crippen molar-refractivity contribution in [3.05, 3.63) is 264 Å². The Bertz CT molecular complexity index is 3310. The third-order valence-electron chi connectivity index (χ3n) is 12.6. The van der Waals surface area contributed by atoms with Gasteiger partial charge in [0.25, 0.3) is 0 Å². The molecule has 0 N–H and O–H groups in total. The quantitative estimate of drug-likeness (QED) is 0.0999. The Morgan fingerprint density at radius 3 is 0.818 bits per heavy atom. The fourth-order valence-corrected chi connectivity index (χ4v) is 9.01. The molecule has 66 heavy (non-hydrogen) atoms. The monoisotopic (exact) mass is 844 g/mol. The van der Waals surface area contributed by atoms with Crippen LogP contribution >= 0.6 is 0 Å². The number of hydrogen-bond donors (Lipinski definition) is 0. The molecule has 11 rings (SSSR count). The molecule has 0 aromatic heterocycles. The standard InChI is InChI=1S/C64H48N2/c1-45-13-17-47(18-14-45)21-23-49-25-31-61(32-26-49)65(59-9-5-3-6-10-59)63-35-29-51-37-53-40-56-42-58-44-64(36-30-52(58)38-54(56)39-55(53)41-57(51)43-63)66(60-11-7-4-8-12-60)62-33-27-50(28-34-62)24-22-48-19-15-46(2)16-20-48/h3-44H,1-2H3. The van der Waals surface area contributed by atoms with E-state index in [0.29, 0.717) is 0 Å². The summed E-state index contributed by atoms with van der Waals surface area (Å²) in [6.45, 7) is 4.24. The van der Waals surface area contributed by atoms with Crippen LogP contribution in [0.2, 0.25) is 0 Å². The Kier molecular flexibility index (Phi) is 10.8. The van der Waals surface area contributed by atoms with Crippen molar-refractivity contribution in [2.75, 3.05) is 9.80 Å². The molecule has 0 saturated heterocycles. The number of benzene rings is 11. The number of rotatable bonds is 10. The minimum absolute atomic E-state index is 1.11. The van der Waals surface area contributed by atoms with E-state index >= 15 is 0 Å². The second-order valence-corrected chi connectivity index (χ2v) is 17.3. The van der Waals surface area contributed by atoms with Crippen molar-refractivity contribution < 1.29 is 0 Å². The van der Waals surface area contributed by atoms with Gasteiger partial charge < -0.3 is 9.80 Å². The number of para-hydroxylation sites is 2. The van der Waals surface area contributed by atoms with E-state index in [-0.39, 0.29) is 0 Å². The van der Waals surface area contributed by atoms with E-state index in [1.54, 1.807) is 0 Å². The molecule has 11 aromatic carbocycles. The van der Waals surface area contributed by atoms with Gasteiger partial charge in [0.2, 0.25) is 0 Å². The zero-order valence-corrected chi connectivity index (χ0v) is 37.1. The number of anilines is 6. The van der Waals surface area contributed by atoms with E-state index in [1.807, 2.05) is 0 Å². The maximum absolute atomic E-state index is 2.35. The fourth-order valence-electron chi connectivity index (χ4n) is 9.01. The first-order valence-electron chi connectivity index (χ1n) is 22.7. The van der Waals surface area contributed by atoms with Crippen LogP contribution in [0.4, 0.5) is 34.1 Å². The van der Waals surface area contributed by atoms with Crippen molar-refractivity contribution in [1.82, 2.24) is 0 Å². The first kappa shape index (κ1) is 40.3. The van der Waals surface area contributed by atoms with Gasteiger partial charge in [-0.15, -0.1) is 0 Å². The van der Waals surface area contributed by atoms with Crippen molar-refractivity contribution in [2.24, 2.45) is 0 Å². The molecule has 0 amide bonds. The molecular formula is C64H48N2. The Hall–Kier alpha value is -8.46. The summed E-state index contributed by atoms with van der Waals surface area (Å²) >= 11 is 0. The van der Waals surface area contributed by atoms with E-state index < -0.39 is 0 Å². The smallest absolute Gasteiger partial charge is 0.0468 e. The van der Waals surface area contributed by atoms with Gasteiger partial charge in [-0.1, -0.05) is 157 Å². The summed E-state index contributed by atoms with van der Waals surface area (Å²) in [5.74, 6) is 0. The molecule has 0 atom stereocenters. The highest BCUT2D eigenvalue weighted by molar-refractivity contribution is 6.09. The second-order valence-electron chi connectivity index (χ2n) is 17.3. The van der Waals surface area contributed by atoms with Gasteiger partial charge in [-0.3, -0.25) is 0 Å². The number of hydrogen-bond acceptors (Lipinski definition) is 2. The van der Waals surface area contributed by atoms with Gasteiger partial charge in [-0.2, -0.15) is 0 Å². The van der Waals surface area contributed by atoms with E-state index in [0.717, 1.165) is 45.3 Å². The van der Waals surface area contributed by atoms with Crippen LogP contribution in [0.3, 0.4) is 0 Å². The molecule has 0 unspecified atom stereocenters. The van der Waals surface area contributed by atoms with Crippen molar-refractivity contribution in [2.45, 2.75) is 13.8 Å². The molecule has 0 aliphatic rings. The van der Waals surface area contributed by atoms with Gasteiger partial charge in [-0.25, -0.2) is 0 Å². The molecule has 0 bridgehead atoms. The molecule has 2 nitrogen and oxygen atoms in total. The lowest BCUT2D eigenvalue weighted by atomic mass is 9.97. The van der Waals surface area contributed by atoms with Gasteiger partial charge in [0.1, 0.15) is 0 Å². The minimum Gasteiger partial charge on any atom is -0.310 e.